The maximum absolute atomic E-state index is 12.2. The van der Waals surface area contributed by atoms with Crippen LogP contribution in [-0.2, 0) is 11.3 Å². The first-order valence-electron chi connectivity index (χ1n) is 7.98. The van der Waals surface area contributed by atoms with Gasteiger partial charge in [-0.3, -0.25) is 9.59 Å². The molecule has 0 aromatic heterocycles. The zero-order chi connectivity index (χ0) is 15.9. The molecule has 0 radical (unpaired) electrons. The summed E-state index contributed by atoms with van der Waals surface area (Å²) in [6, 6.07) is 7.78. The van der Waals surface area contributed by atoms with Crippen molar-refractivity contribution in [1.82, 2.24) is 16.0 Å². The number of benzene rings is 1. The van der Waals surface area contributed by atoms with E-state index in [2.05, 4.69) is 22.9 Å². The standard InChI is InChI=1S/C17H25N3O2/c1-3-18-16(21)14-6-4-5-13(10-14)11-20-17(22)15-7-8-19-12(2)9-15/h4-6,10,12,15,19H,3,7-9,11H2,1-2H3,(H,18,21)(H,20,22)/t12-,15-/m0/s1. The van der Waals surface area contributed by atoms with Crippen molar-refractivity contribution in [3.8, 4) is 0 Å². The Bertz CT molecular complexity index is 530. The second-order valence-electron chi connectivity index (χ2n) is 5.85. The summed E-state index contributed by atoms with van der Waals surface area (Å²) >= 11 is 0. The van der Waals surface area contributed by atoms with Crippen LogP contribution in [0, 0.1) is 5.92 Å². The highest BCUT2D eigenvalue weighted by Crippen LogP contribution is 2.16. The average Bonchev–Trinajstić information content (AvgIpc) is 2.53. The van der Waals surface area contributed by atoms with Crippen LogP contribution >= 0.6 is 0 Å². The molecule has 3 N–H and O–H groups in total. The number of hydrogen-bond acceptors (Lipinski definition) is 3. The number of hydrogen-bond donors (Lipinski definition) is 3. The van der Waals surface area contributed by atoms with E-state index in [0.29, 0.717) is 24.7 Å². The summed E-state index contributed by atoms with van der Waals surface area (Å²) in [4.78, 5) is 24.0. The van der Waals surface area contributed by atoms with Gasteiger partial charge >= 0.3 is 0 Å². The molecule has 0 spiro atoms. The molecule has 0 saturated carbocycles. The zero-order valence-electron chi connectivity index (χ0n) is 13.3. The summed E-state index contributed by atoms with van der Waals surface area (Å²) in [6.45, 7) is 5.96. The highest BCUT2D eigenvalue weighted by atomic mass is 16.2. The summed E-state index contributed by atoms with van der Waals surface area (Å²) in [5.41, 5.74) is 1.57. The van der Waals surface area contributed by atoms with Crippen molar-refractivity contribution in [2.75, 3.05) is 13.1 Å². The molecule has 2 rings (SSSR count). The number of carbonyl (C=O) groups is 2. The van der Waals surface area contributed by atoms with Crippen molar-refractivity contribution in [2.24, 2.45) is 5.92 Å². The number of amides is 2. The van der Waals surface area contributed by atoms with Crippen molar-refractivity contribution < 1.29 is 9.59 Å². The number of piperidine rings is 1. The lowest BCUT2D eigenvalue weighted by molar-refractivity contribution is -0.126. The third kappa shape index (κ3) is 4.56. The second kappa shape index (κ2) is 7.94. The predicted molar refractivity (Wildman–Crippen MR) is 86.5 cm³/mol. The van der Waals surface area contributed by atoms with Gasteiger partial charge in [-0.1, -0.05) is 12.1 Å². The molecule has 5 nitrogen and oxygen atoms in total. The lowest BCUT2D eigenvalue weighted by Crippen LogP contribution is -2.42. The van der Waals surface area contributed by atoms with Crippen LogP contribution in [0.2, 0.25) is 0 Å². The fraction of sp³-hybridized carbons (Fsp3) is 0.529. The number of nitrogens with one attached hydrogen (secondary N) is 3. The van der Waals surface area contributed by atoms with E-state index in [1.807, 2.05) is 25.1 Å². The Morgan fingerprint density at radius 2 is 2.14 bits per heavy atom. The van der Waals surface area contributed by atoms with E-state index in [1.54, 1.807) is 6.07 Å². The Morgan fingerprint density at radius 3 is 2.86 bits per heavy atom. The third-order valence-corrected chi connectivity index (χ3v) is 3.99. The summed E-state index contributed by atoms with van der Waals surface area (Å²) in [5, 5.41) is 9.11. The van der Waals surface area contributed by atoms with E-state index in [9.17, 15) is 9.59 Å². The lowest BCUT2D eigenvalue weighted by atomic mass is 9.92. The molecule has 1 aliphatic rings. The zero-order valence-corrected chi connectivity index (χ0v) is 13.3. The molecule has 0 bridgehead atoms. The van der Waals surface area contributed by atoms with Crippen LogP contribution in [0.25, 0.3) is 0 Å². The Morgan fingerprint density at radius 1 is 1.32 bits per heavy atom. The highest BCUT2D eigenvalue weighted by Gasteiger charge is 2.24. The van der Waals surface area contributed by atoms with Gasteiger partial charge in [0.2, 0.25) is 5.91 Å². The van der Waals surface area contributed by atoms with Gasteiger partial charge in [-0.15, -0.1) is 0 Å². The minimum Gasteiger partial charge on any atom is -0.352 e. The predicted octanol–water partition coefficient (Wildman–Crippen LogP) is 1.44. The van der Waals surface area contributed by atoms with Crippen molar-refractivity contribution in [3.63, 3.8) is 0 Å². The molecule has 5 heteroatoms. The monoisotopic (exact) mass is 303 g/mol. The van der Waals surface area contributed by atoms with E-state index in [4.69, 9.17) is 0 Å². The molecular weight excluding hydrogens is 278 g/mol. The van der Waals surface area contributed by atoms with Gasteiger partial charge in [-0.05, 0) is 50.9 Å². The van der Waals surface area contributed by atoms with Crippen LogP contribution in [0.3, 0.4) is 0 Å². The first-order chi connectivity index (χ1) is 10.6. The Kier molecular flexibility index (Phi) is 5.95. The van der Waals surface area contributed by atoms with E-state index in [1.165, 1.54) is 0 Å². The normalized spacial score (nSPS) is 21.2. The summed E-state index contributed by atoms with van der Waals surface area (Å²) < 4.78 is 0. The molecule has 1 aromatic carbocycles. The SMILES string of the molecule is CCNC(=O)c1cccc(CNC(=O)[C@H]2CCN[C@@H](C)C2)c1. The van der Waals surface area contributed by atoms with E-state index < -0.39 is 0 Å². The molecule has 1 heterocycles. The molecule has 1 aliphatic heterocycles. The van der Waals surface area contributed by atoms with E-state index in [-0.39, 0.29) is 17.7 Å². The van der Waals surface area contributed by atoms with Crippen LogP contribution in [0.1, 0.15) is 42.6 Å². The van der Waals surface area contributed by atoms with Crippen LogP contribution in [0.4, 0.5) is 0 Å². The van der Waals surface area contributed by atoms with Gasteiger partial charge < -0.3 is 16.0 Å². The molecule has 1 saturated heterocycles. The van der Waals surface area contributed by atoms with Gasteiger partial charge in [-0.25, -0.2) is 0 Å². The molecule has 120 valence electrons. The Hall–Kier alpha value is -1.88. The molecular formula is C17H25N3O2. The van der Waals surface area contributed by atoms with Gasteiger partial charge in [-0.2, -0.15) is 0 Å². The first-order valence-corrected chi connectivity index (χ1v) is 7.98. The average molecular weight is 303 g/mol. The van der Waals surface area contributed by atoms with Crippen LogP contribution in [0.15, 0.2) is 24.3 Å². The number of carbonyl (C=O) groups excluding carboxylic acids is 2. The quantitative estimate of drug-likeness (QED) is 0.771. The summed E-state index contributed by atoms with van der Waals surface area (Å²) in [7, 11) is 0. The van der Waals surface area contributed by atoms with Gasteiger partial charge in [0.1, 0.15) is 0 Å². The van der Waals surface area contributed by atoms with Crippen molar-refractivity contribution in [3.05, 3.63) is 35.4 Å². The van der Waals surface area contributed by atoms with E-state index >= 15 is 0 Å². The summed E-state index contributed by atoms with van der Waals surface area (Å²) in [5.74, 6) is 0.113. The molecule has 0 aliphatic carbocycles. The van der Waals surface area contributed by atoms with Crippen molar-refractivity contribution in [2.45, 2.75) is 39.3 Å². The molecule has 1 fully saturated rings. The van der Waals surface area contributed by atoms with Crippen molar-refractivity contribution >= 4 is 11.8 Å². The van der Waals surface area contributed by atoms with Crippen molar-refractivity contribution in [1.29, 1.82) is 0 Å². The molecule has 2 atom stereocenters. The van der Waals surface area contributed by atoms with Crippen LogP contribution in [-0.4, -0.2) is 30.9 Å². The second-order valence-corrected chi connectivity index (χ2v) is 5.85. The third-order valence-electron chi connectivity index (χ3n) is 3.99. The fourth-order valence-corrected chi connectivity index (χ4v) is 2.79. The van der Waals surface area contributed by atoms with Crippen LogP contribution < -0.4 is 16.0 Å². The fourth-order valence-electron chi connectivity index (χ4n) is 2.79. The van der Waals surface area contributed by atoms with Gasteiger partial charge in [0.25, 0.3) is 5.91 Å². The highest BCUT2D eigenvalue weighted by molar-refractivity contribution is 5.94. The number of rotatable bonds is 5. The maximum atomic E-state index is 12.2. The lowest BCUT2D eigenvalue weighted by Gasteiger charge is -2.27. The Labute approximate surface area is 131 Å². The smallest absolute Gasteiger partial charge is 0.251 e. The minimum atomic E-state index is -0.0807. The van der Waals surface area contributed by atoms with E-state index in [0.717, 1.165) is 24.9 Å². The molecule has 1 aromatic rings. The first kappa shape index (κ1) is 16.5. The van der Waals surface area contributed by atoms with Gasteiger partial charge in [0.15, 0.2) is 0 Å². The topological polar surface area (TPSA) is 70.2 Å². The minimum absolute atomic E-state index is 0.0807. The molecule has 0 unspecified atom stereocenters. The molecule has 2 amide bonds. The largest absolute Gasteiger partial charge is 0.352 e. The van der Waals surface area contributed by atoms with Gasteiger partial charge in [0.05, 0.1) is 0 Å². The van der Waals surface area contributed by atoms with Crippen LogP contribution in [0.5, 0.6) is 0 Å². The maximum Gasteiger partial charge on any atom is 0.251 e. The Balaban J connectivity index is 1.89. The molecule has 22 heavy (non-hydrogen) atoms. The summed E-state index contributed by atoms with van der Waals surface area (Å²) in [6.07, 6.45) is 1.76. The van der Waals surface area contributed by atoms with Gasteiger partial charge in [0, 0.05) is 30.6 Å².